The van der Waals surface area contributed by atoms with Crippen LogP contribution in [0.25, 0.3) is 10.9 Å². The fraction of sp³-hybridized carbons (Fsp3) is 0.333. The number of aryl methyl sites for hydroxylation is 1. The molecule has 2 aromatic rings. The van der Waals surface area contributed by atoms with Crippen LogP contribution in [-0.4, -0.2) is 20.8 Å². The predicted octanol–water partition coefficient (Wildman–Crippen LogP) is 0.379. The van der Waals surface area contributed by atoms with Gasteiger partial charge in [0.15, 0.2) is 0 Å². The Kier molecular flexibility index (Phi) is 2.85. The largest absolute Gasteiger partial charge is 0.392 e. The van der Waals surface area contributed by atoms with Crippen LogP contribution in [0, 0.1) is 6.92 Å². The molecule has 1 unspecified atom stereocenters. The number of hydrogen-bond acceptors (Lipinski definition) is 3. The lowest BCUT2D eigenvalue weighted by Crippen LogP contribution is -2.37. The minimum absolute atomic E-state index is 0.00200. The van der Waals surface area contributed by atoms with Crippen LogP contribution in [0.3, 0.4) is 0 Å². The molecule has 0 saturated heterocycles. The van der Waals surface area contributed by atoms with Crippen molar-refractivity contribution in [2.75, 3.05) is 0 Å². The van der Waals surface area contributed by atoms with Gasteiger partial charge in [-0.25, -0.2) is 4.79 Å². The van der Waals surface area contributed by atoms with E-state index < -0.39 is 11.8 Å². The first-order valence-corrected chi connectivity index (χ1v) is 5.40. The Morgan fingerprint density at radius 1 is 1.41 bits per heavy atom. The van der Waals surface area contributed by atoms with Gasteiger partial charge in [-0.2, -0.15) is 0 Å². The van der Waals surface area contributed by atoms with Crippen molar-refractivity contribution in [2.24, 2.45) is 0 Å². The van der Waals surface area contributed by atoms with E-state index in [1.807, 2.05) is 13.0 Å². The summed E-state index contributed by atoms with van der Waals surface area (Å²) in [6, 6.07) is 5.25. The Morgan fingerprint density at radius 3 is 2.76 bits per heavy atom. The minimum Gasteiger partial charge on any atom is -0.392 e. The van der Waals surface area contributed by atoms with Gasteiger partial charge in [0, 0.05) is 0 Å². The number of nitrogens with zero attached hydrogens (tertiary/aromatic N) is 1. The summed E-state index contributed by atoms with van der Waals surface area (Å²) < 4.78 is 1.02. The van der Waals surface area contributed by atoms with E-state index in [1.165, 1.54) is 6.92 Å². The van der Waals surface area contributed by atoms with Gasteiger partial charge in [0.25, 0.3) is 5.56 Å². The summed E-state index contributed by atoms with van der Waals surface area (Å²) in [4.78, 5) is 26.4. The first-order valence-electron chi connectivity index (χ1n) is 5.40. The molecule has 0 fully saturated rings. The topological polar surface area (TPSA) is 75.1 Å². The number of aliphatic hydroxyl groups excluding tert-OH is 1. The van der Waals surface area contributed by atoms with Crippen LogP contribution < -0.4 is 11.2 Å². The Labute approximate surface area is 97.3 Å². The van der Waals surface area contributed by atoms with Crippen LogP contribution in [0.15, 0.2) is 27.8 Å². The summed E-state index contributed by atoms with van der Waals surface area (Å²) >= 11 is 0. The second-order valence-corrected chi connectivity index (χ2v) is 4.24. The molecule has 2 N–H and O–H groups in total. The van der Waals surface area contributed by atoms with Gasteiger partial charge in [0.2, 0.25) is 0 Å². The maximum Gasteiger partial charge on any atom is 0.328 e. The lowest BCUT2D eigenvalue weighted by atomic mass is 10.2. The molecule has 0 bridgehead atoms. The van der Waals surface area contributed by atoms with Crippen molar-refractivity contribution < 1.29 is 5.11 Å². The smallest absolute Gasteiger partial charge is 0.328 e. The number of nitrogens with one attached hydrogen (secondary N) is 1. The highest BCUT2D eigenvalue weighted by atomic mass is 16.3. The number of aromatic nitrogens is 2. The number of aliphatic hydroxyl groups is 1. The third-order valence-corrected chi connectivity index (χ3v) is 2.58. The molecular weight excluding hydrogens is 220 g/mol. The normalized spacial score (nSPS) is 12.9. The van der Waals surface area contributed by atoms with Crippen molar-refractivity contribution in [1.29, 1.82) is 0 Å². The van der Waals surface area contributed by atoms with Crippen molar-refractivity contribution in [3.8, 4) is 0 Å². The van der Waals surface area contributed by atoms with E-state index in [4.69, 9.17) is 0 Å². The highest BCUT2D eigenvalue weighted by molar-refractivity contribution is 5.77. The summed E-state index contributed by atoms with van der Waals surface area (Å²) in [5, 5.41) is 9.71. The lowest BCUT2D eigenvalue weighted by molar-refractivity contribution is 0.170. The molecule has 0 spiro atoms. The Balaban J connectivity index is 2.77. The monoisotopic (exact) mass is 234 g/mol. The van der Waals surface area contributed by atoms with Gasteiger partial charge in [-0.15, -0.1) is 0 Å². The Morgan fingerprint density at radius 2 is 2.12 bits per heavy atom. The van der Waals surface area contributed by atoms with Crippen LogP contribution in [0.1, 0.15) is 12.5 Å². The van der Waals surface area contributed by atoms with Gasteiger partial charge >= 0.3 is 5.69 Å². The van der Waals surface area contributed by atoms with E-state index in [0.29, 0.717) is 10.9 Å². The SMILES string of the molecule is Cc1ccc2c(=O)n(CC(C)O)c(=O)[nH]c2c1. The van der Waals surface area contributed by atoms with Crippen LogP contribution in [0.5, 0.6) is 0 Å². The van der Waals surface area contributed by atoms with Gasteiger partial charge in [-0.05, 0) is 31.5 Å². The van der Waals surface area contributed by atoms with Crippen LogP contribution in [0.4, 0.5) is 0 Å². The summed E-state index contributed by atoms with van der Waals surface area (Å²) in [6.45, 7) is 3.42. The molecule has 0 aliphatic heterocycles. The molecule has 1 aromatic heterocycles. The van der Waals surface area contributed by atoms with Crippen molar-refractivity contribution in [3.05, 3.63) is 44.6 Å². The third kappa shape index (κ3) is 2.14. The molecule has 0 aliphatic carbocycles. The van der Waals surface area contributed by atoms with Crippen molar-refractivity contribution >= 4 is 10.9 Å². The quantitative estimate of drug-likeness (QED) is 0.788. The maximum atomic E-state index is 12.0. The molecular formula is C12H14N2O3. The predicted molar refractivity (Wildman–Crippen MR) is 65.2 cm³/mol. The van der Waals surface area contributed by atoms with Crippen LogP contribution in [0.2, 0.25) is 0 Å². The molecule has 1 heterocycles. The number of hydrogen-bond donors (Lipinski definition) is 2. The van der Waals surface area contributed by atoms with Crippen molar-refractivity contribution in [2.45, 2.75) is 26.5 Å². The van der Waals surface area contributed by atoms with E-state index >= 15 is 0 Å². The molecule has 5 nitrogen and oxygen atoms in total. The molecule has 1 aromatic carbocycles. The highest BCUT2D eigenvalue weighted by Gasteiger charge is 2.09. The molecule has 1 atom stereocenters. The number of benzene rings is 1. The Hall–Kier alpha value is -1.88. The zero-order valence-electron chi connectivity index (χ0n) is 9.73. The van der Waals surface area contributed by atoms with E-state index in [-0.39, 0.29) is 12.1 Å². The first-order chi connectivity index (χ1) is 7.99. The van der Waals surface area contributed by atoms with Crippen LogP contribution in [-0.2, 0) is 6.54 Å². The van der Waals surface area contributed by atoms with Crippen molar-refractivity contribution in [3.63, 3.8) is 0 Å². The highest BCUT2D eigenvalue weighted by Crippen LogP contribution is 2.07. The zero-order chi connectivity index (χ0) is 12.6. The summed E-state index contributed by atoms with van der Waals surface area (Å²) in [5.41, 5.74) is 0.640. The standard InChI is InChI=1S/C12H14N2O3/c1-7-3-4-9-10(5-7)13-12(17)14(11(9)16)6-8(2)15/h3-5,8,15H,6H2,1-2H3,(H,13,17). The molecule has 0 radical (unpaired) electrons. The molecule has 0 aliphatic rings. The number of aromatic amines is 1. The average Bonchev–Trinajstić information content (AvgIpc) is 2.23. The fourth-order valence-electron chi connectivity index (χ4n) is 1.80. The van der Waals surface area contributed by atoms with E-state index in [9.17, 15) is 14.7 Å². The lowest BCUT2D eigenvalue weighted by Gasteiger charge is -2.08. The van der Waals surface area contributed by atoms with Gasteiger partial charge in [0.05, 0.1) is 23.6 Å². The first kappa shape index (κ1) is 11.6. The van der Waals surface area contributed by atoms with E-state index in [1.54, 1.807) is 12.1 Å². The number of fused-ring (bicyclic) bond motifs is 1. The zero-order valence-corrected chi connectivity index (χ0v) is 9.73. The summed E-state index contributed by atoms with van der Waals surface area (Å²) in [7, 11) is 0. The summed E-state index contributed by atoms with van der Waals surface area (Å²) in [5.74, 6) is 0. The van der Waals surface area contributed by atoms with E-state index in [0.717, 1.165) is 10.1 Å². The summed E-state index contributed by atoms with van der Waals surface area (Å²) in [6.07, 6.45) is -0.739. The molecule has 2 rings (SSSR count). The average molecular weight is 234 g/mol. The molecule has 0 amide bonds. The number of rotatable bonds is 2. The molecule has 0 saturated carbocycles. The number of H-pyrrole nitrogens is 1. The fourth-order valence-corrected chi connectivity index (χ4v) is 1.80. The second-order valence-electron chi connectivity index (χ2n) is 4.24. The molecule has 90 valence electrons. The van der Waals surface area contributed by atoms with Gasteiger partial charge in [0.1, 0.15) is 0 Å². The second kappa shape index (κ2) is 4.18. The van der Waals surface area contributed by atoms with E-state index in [2.05, 4.69) is 4.98 Å². The van der Waals surface area contributed by atoms with Gasteiger partial charge in [-0.3, -0.25) is 9.36 Å². The van der Waals surface area contributed by atoms with Crippen molar-refractivity contribution in [1.82, 2.24) is 9.55 Å². The Bertz CT molecular complexity index is 667. The minimum atomic E-state index is -0.739. The third-order valence-electron chi connectivity index (χ3n) is 2.58. The van der Waals surface area contributed by atoms with Gasteiger partial charge < -0.3 is 10.1 Å². The molecule has 17 heavy (non-hydrogen) atoms. The molecule has 5 heteroatoms. The maximum absolute atomic E-state index is 12.0. The van der Waals surface area contributed by atoms with Gasteiger partial charge in [-0.1, -0.05) is 6.07 Å². The van der Waals surface area contributed by atoms with Crippen LogP contribution >= 0.6 is 0 Å².